The van der Waals surface area contributed by atoms with Crippen LogP contribution in [0.3, 0.4) is 0 Å². The molecule has 0 unspecified atom stereocenters. The minimum atomic E-state index is -0.264. The Bertz CT molecular complexity index is 422. The van der Waals surface area contributed by atoms with Gasteiger partial charge in [-0.3, -0.25) is 9.59 Å². The molecule has 1 aliphatic rings. The molecule has 1 N–H and O–H groups in total. The van der Waals surface area contributed by atoms with Gasteiger partial charge < -0.3 is 5.32 Å². The fraction of sp³-hybridized carbons (Fsp3) is 0.385. The van der Waals surface area contributed by atoms with Gasteiger partial charge in [-0.25, -0.2) is 0 Å². The first kappa shape index (κ1) is 13.5. The van der Waals surface area contributed by atoms with Gasteiger partial charge in [-0.1, -0.05) is 42.1 Å². The van der Waals surface area contributed by atoms with E-state index >= 15 is 0 Å². The lowest BCUT2D eigenvalue weighted by molar-refractivity contribution is -0.122. The Morgan fingerprint density at radius 3 is 2.83 bits per heavy atom. The smallest absolute Gasteiger partial charge is 0.230 e. The predicted molar refractivity (Wildman–Crippen MR) is 76.6 cm³/mol. The van der Waals surface area contributed by atoms with Crippen molar-refractivity contribution in [3.8, 4) is 0 Å². The summed E-state index contributed by atoms with van der Waals surface area (Å²) >= 11 is 2.88. The number of thioether (sulfide) groups is 2. The molecule has 0 saturated carbocycles. The molecule has 0 aliphatic carbocycles. The highest BCUT2D eigenvalue weighted by Gasteiger charge is 2.26. The van der Waals surface area contributed by atoms with Crippen LogP contribution in [0.2, 0.25) is 0 Å². The van der Waals surface area contributed by atoms with Gasteiger partial charge in [-0.15, -0.1) is 11.8 Å². The van der Waals surface area contributed by atoms with Crippen molar-refractivity contribution in [3.63, 3.8) is 0 Å². The molecule has 1 aromatic carbocycles. The van der Waals surface area contributed by atoms with E-state index in [1.165, 1.54) is 17.3 Å². The number of rotatable bonds is 5. The Kier molecular flexibility index (Phi) is 5.13. The van der Waals surface area contributed by atoms with Gasteiger partial charge in [0.05, 0.1) is 11.8 Å². The zero-order valence-corrected chi connectivity index (χ0v) is 11.6. The van der Waals surface area contributed by atoms with Crippen molar-refractivity contribution >= 4 is 34.5 Å². The van der Waals surface area contributed by atoms with Gasteiger partial charge in [0.1, 0.15) is 0 Å². The van der Waals surface area contributed by atoms with Crippen LogP contribution in [-0.4, -0.2) is 28.6 Å². The first-order valence-corrected chi connectivity index (χ1v) is 7.97. The van der Waals surface area contributed by atoms with E-state index < -0.39 is 0 Å². The molecule has 2 rings (SSSR count). The molecule has 1 fully saturated rings. The lowest BCUT2D eigenvalue weighted by Gasteiger charge is -2.09. The second-order valence-corrected chi connectivity index (χ2v) is 6.14. The topological polar surface area (TPSA) is 46.2 Å². The summed E-state index contributed by atoms with van der Waals surface area (Å²) in [6.45, 7) is 0. The highest BCUT2D eigenvalue weighted by atomic mass is 32.2. The van der Waals surface area contributed by atoms with E-state index in [4.69, 9.17) is 0 Å². The van der Waals surface area contributed by atoms with E-state index in [1.54, 1.807) is 11.8 Å². The SMILES string of the molecule is O=C(CSCc1ccccc1)N[C@H]1CCSC1=O. The molecule has 1 aromatic rings. The van der Waals surface area contributed by atoms with Crippen molar-refractivity contribution in [2.75, 3.05) is 11.5 Å². The highest BCUT2D eigenvalue weighted by molar-refractivity contribution is 8.14. The Morgan fingerprint density at radius 2 is 2.17 bits per heavy atom. The third-order valence-electron chi connectivity index (χ3n) is 2.62. The minimum Gasteiger partial charge on any atom is -0.345 e. The van der Waals surface area contributed by atoms with Crippen LogP contribution >= 0.6 is 23.5 Å². The van der Waals surface area contributed by atoms with E-state index in [-0.39, 0.29) is 17.1 Å². The Labute approximate surface area is 115 Å². The number of hydrogen-bond donors (Lipinski definition) is 1. The highest BCUT2D eigenvalue weighted by Crippen LogP contribution is 2.19. The maximum absolute atomic E-state index is 11.6. The molecule has 3 nitrogen and oxygen atoms in total. The van der Waals surface area contributed by atoms with Crippen LogP contribution in [0.15, 0.2) is 30.3 Å². The van der Waals surface area contributed by atoms with Crippen molar-refractivity contribution in [1.82, 2.24) is 5.32 Å². The third kappa shape index (κ3) is 4.07. The van der Waals surface area contributed by atoms with Crippen LogP contribution in [0.5, 0.6) is 0 Å². The number of carbonyl (C=O) groups is 2. The average Bonchev–Trinajstić information content (AvgIpc) is 2.76. The lowest BCUT2D eigenvalue weighted by atomic mass is 10.2. The monoisotopic (exact) mass is 281 g/mol. The van der Waals surface area contributed by atoms with Gasteiger partial charge in [-0.05, 0) is 12.0 Å². The van der Waals surface area contributed by atoms with Crippen LogP contribution in [0, 0.1) is 0 Å². The van der Waals surface area contributed by atoms with Gasteiger partial charge in [0, 0.05) is 11.5 Å². The van der Waals surface area contributed by atoms with Crippen LogP contribution in [0.4, 0.5) is 0 Å². The molecule has 5 heteroatoms. The Hall–Kier alpha value is -0.940. The van der Waals surface area contributed by atoms with E-state index in [1.807, 2.05) is 30.3 Å². The van der Waals surface area contributed by atoms with Gasteiger partial charge in [-0.2, -0.15) is 0 Å². The quantitative estimate of drug-likeness (QED) is 0.897. The fourth-order valence-corrected chi connectivity index (χ4v) is 3.43. The van der Waals surface area contributed by atoms with Crippen molar-refractivity contribution in [2.24, 2.45) is 0 Å². The van der Waals surface area contributed by atoms with Gasteiger partial charge in [0.2, 0.25) is 11.0 Å². The van der Waals surface area contributed by atoms with Crippen molar-refractivity contribution < 1.29 is 9.59 Å². The number of carbonyl (C=O) groups excluding carboxylic acids is 2. The van der Waals surface area contributed by atoms with E-state index in [2.05, 4.69) is 5.32 Å². The molecule has 1 amide bonds. The summed E-state index contributed by atoms with van der Waals surface area (Å²) in [7, 11) is 0. The summed E-state index contributed by atoms with van der Waals surface area (Å²) in [6.07, 6.45) is 0.762. The fourth-order valence-electron chi connectivity index (χ4n) is 1.70. The normalized spacial score (nSPS) is 18.9. The predicted octanol–water partition coefficient (Wildman–Crippen LogP) is 2.07. The Balaban J connectivity index is 1.67. The van der Waals surface area contributed by atoms with Gasteiger partial charge in [0.15, 0.2) is 0 Å². The molecule has 0 aromatic heterocycles. The largest absolute Gasteiger partial charge is 0.345 e. The van der Waals surface area contributed by atoms with E-state index in [0.29, 0.717) is 5.75 Å². The number of amides is 1. The van der Waals surface area contributed by atoms with Gasteiger partial charge >= 0.3 is 0 Å². The molecule has 1 heterocycles. The molecule has 0 spiro atoms. The lowest BCUT2D eigenvalue weighted by Crippen LogP contribution is -2.38. The number of hydrogen-bond acceptors (Lipinski definition) is 4. The molecule has 0 bridgehead atoms. The minimum absolute atomic E-state index is 0.0446. The Morgan fingerprint density at radius 1 is 1.39 bits per heavy atom. The third-order valence-corrected chi connectivity index (χ3v) is 4.63. The number of nitrogens with one attached hydrogen (secondary N) is 1. The van der Waals surface area contributed by atoms with Crippen molar-refractivity contribution in [1.29, 1.82) is 0 Å². The van der Waals surface area contributed by atoms with Crippen LogP contribution in [0.25, 0.3) is 0 Å². The van der Waals surface area contributed by atoms with Crippen LogP contribution in [0.1, 0.15) is 12.0 Å². The molecule has 1 aliphatic heterocycles. The molecule has 0 radical (unpaired) electrons. The second-order valence-electron chi connectivity index (χ2n) is 4.05. The summed E-state index contributed by atoms with van der Waals surface area (Å²) in [4.78, 5) is 23.0. The molecular formula is C13H15NO2S2. The van der Waals surface area contributed by atoms with Crippen molar-refractivity contribution in [3.05, 3.63) is 35.9 Å². The molecule has 1 atom stereocenters. The summed E-state index contributed by atoms with van der Waals surface area (Å²) in [5, 5.41) is 2.88. The van der Waals surface area contributed by atoms with Crippen LogP contribution in [-0.2, 0) is 15.3 Å². The summed E-state index contributed by atoms with van der Waals surface area (Å²) in [6, 6.07) is 9.78. The summed E-state index contributed by atoms with van der Waals surface area (Å²) in [5.74, 6) is 2.00. The van der Waals surface area contributed by atoms with Crippen molar-refractivity contribution in [2.45, 2.75) is 18.2 Å². The molecule has 96 valence electrons. The molecular weight excluding hydrogens is 266 g/mol. The van der Waals surface area contributed by atoms with E-state index in [0.717, 1.165) is 17.9 Å². The maximum atomic E-state index is 11.6. The van der Waals surface area contributed by atoms with E-state index in [9.17, 15) is 9.59 Å². The summed E-state index contributed by atoms with van der Waals surface area (Å²) < 4.78 is 0. The first-order valence-electron chi connectivity index (χ1n) is 5.83. The average molecular weight is 281 g/mol. The maximum Gasteiger partial charge on any atom is 0.230 e. The zero-order valence-electron chi connectivity index (χ0n) is 9.93. The van der Waals surface area contributed by atoms with Crippen LogP contribution < -0.4 is 5.32 Å². The number of benzene rings is 1. The molecule has 18 heavy (non-hydrogen) atoms. The summed E-state index contributed by atoms with van der Waals surface area (Å²) in [5.41, 5.74) is 1.21. The zero-order chi connectivity index (χ0) is 12.8. The molecule has 1 saturated heterocycles. The van der Waals surface area contributed by atoms with Gasteiger partial charge in [0.25, 0.3) is 0 Å². The first-order chi connectivity index (χ1) is 8.75. The second kappa shape index (κ2) is 6.85. The standard InChI is InChI=1S/C13H15NO2S2/c15-12(14-11-6-7-18-13(11)16)9-17-8-10-4-2-1-3-5-10/h1-5,11H,6-9H2,(H,14,15)/t11-/m0/s1.